The number of hydrogen-bond donors (Lipinski definition) is 15. The maximum atomic E-state index is 14.7. The van der Waals surface area contributed by atoms with Crippen molar-refractivity contribution in [3.63, 3.8) is 0 Å². The topological polar surface area (TPSA) is 404 Å². The van der Waals surface area contributed by atoms with Crippen LogP contribution in [0.4, 0.5) is 0 Å². The van der Waals surface area contributed by atoms with Crippen LogP contribution in [0.5, 0.6) is 11.5 Å². The zero-order valence-corrected chi connectivity index (χ0v) is 46.9. The molecule has 18 N–H and O–H groups in total. The van der Waals surface area contributed by atoms with Crippen molar-refractivity contribution in [1.29, 1.82) is 0 Å². The number of aliphatic carboxylic acids is 1. The van der Waals surface area contributed by atoms with Crippen LogP contribution in [0, 0.1) is 0 Å². The third kappa shape index (κ3) is 21.2. The zero-order valence-electron chi connectivity index (χ0n) is 46.9. The van der Waals surface area contributed by atoms with Crippen molar-refractivity contribution in [3.8, 4) is 11.5 Å². The molecule has 0 aliphatic heterocycles. The quantitative estimate of drug-likeness (QED) is 0.0254. The number of carboxylic acids is 1. The number of hydrogen-bond acceptors (Lipinski definition) is 14. The fraction of sp³-hybridized carbons (Fsp3) is 0.407. The lowest BCUT2D eigenvalue weighted by molar-refractivity contribution is -0.141. The number of phenols is 2. The van der Waals surface area contributed by atoms with Gasteiger partial charge in [-0.15, -0.1) is 0 Å². The van der Waals surface area contributed by atoms with Crippen LogP contribution in [-0.2, 0) is 68.8 Å². The summed E-state index contributed by atoms with van der Waals surface area (Å²) in [7, 11) is 0. The summed E-state index contributed by atoms with van der Waals surface area (Å²) in [5, 5.41) is 51.5. The zero-order chi connectivity index (χ0) is 60.6. The SMILES string of the molecule is C[C@H](NC(=O)[C@H](CCCCN)NC(=O)CNC(=O)[C@H](Cc1ccc(O)cc1)NC(=O)[C@H](Cc1ccc(O)cc1)NC(=O)[C@H](CCCCN)NC(=O)[C@H](Cc1ccccc1)NC(=O)[C@H](Cc1c[nH]c2ccccc12)NC(=O)C(C)(C)N)C(=O)O. The second-order valence-corrected chi connectivity index (χ2v) is 21.0. The molecule has 0 bridgehead atoms. The monoisotopic (exact) mass is 1150 g/mol. The first-order valence-corrected chi connectivity index (χ1v) is 27.5. The van der Waals surface area contributed by atoms with E-state index in [1.54, 1.807) is 36.5 Å². The number of nitrogens with one attached hydrogen (secondary N) is 9. The molecule has 5 aromatic rings. The van der Waals surface area contributed by atoms with Gasteiger partial charge in [0.2, 0.25) is 47.3 Å². The number of benzene rings is 4. The predicted molar refractivity (Wildman–Crippen MR) is 310 cm³/mol. The molecule has 0 saturated carbocycles. The van der Waals surface area contributed by atoms with Crippen LogP contribution in [-0.4, -0.2) is 141 Å². The largest absolute Gasteiger partial charge is 0.508 e. The summed E-state index contributed by atoms with van der Waals surface area (Å²) in [4.78, 5) is 127. The summed E-state index contributed by atoms with van der Waals surface area (Å²) in [6.07, 6.45) is 3.07. The molecule has 0 spiro atoms. The number of carboxylic acid groups (broad SMARTS) is 1. The van der Waals surface area contributed by atoms with Crippen LogP contribution in [0.15, 0.2) is 109 Å². The van der Waals surface area contributed by atoms with Crippen molar-refractivity contribution >= 4 is 64.1 Å². The van der Waals surface area contributed by atoms with Crippen LogP contribution < -0.4 is 59.7 Å². The third-order valence-electron chi connectivity index (χ3n) is 13.6. The van der Waals surface area contributed by atoms with E-state index in [4.69, 9.17) is 17.2 Å². The van der Waals surface area contributed by atoms with Crippen LogP contribution in [0.2, 0.25) is 0 Å². The standard InChI is InChI=1S/C59H78N12O12/c1-35(57(81)82)65-52(76)44(17-9-11-27-60)66-50(74)34-64-51(75)46(30-37-19-23-40(72)24-20-37)68-55(79)48(31-38-21-25-41(73)26-22-38)69-53(77)45(18-10-12-28-61)67-54(78)47(29-36-13-5-4-6-14-36)70-56(80)49(71-58(83)59(2,3)62)32-39-33-63-43-16-8-7-15-42(39)43/h4-8,13-16,19-26,33,35,44-49,63,72-73H,9-12,17-18,27-32,34,60-62H2,1-3H3,(H,64,75)(H,65,76)(H,66,74)(H,67,78)(H,68,79)(H,69,77)(H,70,80)(H,71,83)(H,81,82)/t35-,44-,45-,46-,47-,48-,49-/m0/s1. The number of para-hydroxylation sites is 1. The smallest absolute Gasteiger partial charge is 0.325 e. The number of H-pyrrole nitrogens is 1. The molecule has 0 aliphatic carbocycles. The first-order chi connectivity index (χ1) is 39.5. The van der Waals surface area contributed by atoms with Gasteiger partial charge in [-0.3, -0.25) is 43.2 Å². The summed E-state index contributed by atoms with van der Waals surface area (Å²) < 4.78 is 0. The molecule has 446 valence electrons. The summed E-state index contributed by atoms with van der Waals surface area (Å²) in [5.74, 6) is -7.75. The Kier molecular flexibility index (Phi) is 25.0. The van der Waals surface area contributed by atoms with Crippen molar-refractivity contribution < 1.29 is 58.5 Å². The molecular weight excluding hydrogens is 1070 g/mol. The van der Waals surface area contributed by atoms with Gasteiger partial charge in [-0.05, 0) is 125 Å². The van der Waals surface area contributed by atoms with Gasteiger partial charge in [0.05, 0.1) is 12.1 Å². The summed E-state index contributed by atoms with van der Waals surface area (Å²) >= 11 is 0. The predicted octanol–water partition coefficient (Wildman–Crippen LogP) is 0.459. The Morgan fingerprint density at radius 3 is 1.42 bits per heavy atom. The molecule has 7 atom stereocenters. The van der Waals surface area contributed by atoms with E-state index >= 15 is 0 Å². The first kappa shape index (κ1) is 64.9. The minimum absolute atomic E-state index is 0.00618. The van der Waals surface area contributed by atoms with Crippen molar-refractivity contribution in [2.45, 2.75) is 133 Å². The average molecular weight is 1150 g/mol. The number of fused-ring (bicyclic) bond motifs is 1. The highest BCUT2D eigenvalue weighted by Gasteiger charge is 2.35. The number of phenolic OH excluding ortho intramolecular Hbond substituents is 2. The molecule has 0 radical (unpaired) electrons. The van der Waals surface area contributed by atoms with E-state index in [1.165, 1.54) is 69.3 Å². The highest BCUT2D eigenvalue weighted by Crippen LogP contribution is 2.21. The van der Waals surface area contributed by atoms with Gasteiger partial charge in [0.25, 0.3) is 0 Å². The molecule has 4 aromatic carbocycles. The van der Waals surface area contributed by atoms with Gasteiger partial charge in [-0.2, -0.15) is 0 Å². The van der Waals surface area contributed by atoms with E-state index in [2.05, 4.69) is 47.5 Å². The van der Waals surface area contributed by atoms with Crippen LogP contribution in [0.3, 0.4) is 0 Å². The molecular formula is C59H78N12O12. The number of unbranched alkanes of at least 4 members (excludes halogenated alkanes) is 2. The van der Waals surface area contributed by atoms with E-state index in [9.17, 15) is 58.5 Å². The van der Waals surface area contributed by atoms with E-state index in [1.807, 2.05) is 24.3 Å². The second kappa shape index (κ2) is 31.9. The molecule has 8 amide bonds. The molecule has 24 nitrogen and oxygen atoms in total. The van der Waals surface area contributed by atoms with Crippen molar-refractivity contribution in [2.75, 3.05) is 19.6 Å². The Labute approximate surface area is 481 Å². The van der Waals surface area contributed by atoms with Gasteiger partial charge in [-0.1, -0.05) is 72.8 Å². The van der Waals surface area contributed by atoms with Gasteiger partial charge in [-0.25, -0.2) is 0 Å². The van der Waals surface area contributed by atoms with E-state index < -0.39 is 108 Å². The number of nitrogens with two attached hydrogens (primary N) is 3. The fourth-order valence-electron chi connectivity index (χ4n) is 8.81. The molecule has 1 aromatic heterocycles. The van der Waals surface area contributed by atoms with Crippen LogP contribution in [0.25, 0.3) is 10.9 Å². The van der Waals surface area contributed by atoms with Crippen LogP contribution in [0.1, 0.15) is 81.5 Å². The van der Waals surface area contributed by atoms with Crippen LogP contribution >= 0.6 is 0 Å². The third-order valence-corrected chi connectivity index (χ3v) is 13.6. The summed E-state index contributed by atoms with van der Waals surface area (Å²) in [6.45, 7) is 4.09. The molecule has 0 unspecified atom stereocenters. The Balaban J connectivity index is 1.42. The molecule has 24 heteroatoms. The lowest BCUT2D eigenvalue weighted by Crippen LogP contribution is -2.61. The molecule has 5 rings (SSSR count). The van der Waals surface area contributed by atoms with Crippen molar-refractivity contribution in [2.24, 2.45) is 17.2 Å². The molecule has 1 heterocycles. The lowest BCUT2D eigenvalue weighted by atomic mass is 9.99. The summed E-state index contributed by atoms with van der Waals surface area (Å²) in [6, 6.07) is 18.5. The van der Waals surface area contributed by atoms with Crippen molar-refractivity contribution in [1.82, 2.24) is 47.5 Å². The molecule has 83 heavy (non-hydrogen) atoms. The maximum absolute atomic E-state index is 14.7. The Hall–Kier alpha value is -8.87. The number of carbonyl (C=O) groups is 9. The highest BCUT2D eigenvalue weighted by atomic mass is 16.4. The normalized spacial score (nSPS) is 13.8. The van der Waals surface area contributed by atoms with E-state index in [-0.39, 0.29) is 56.6 Å². The Morgan fingerprint density at radius 2 is 0.928 bits per heavy atom. The van der Waals surface area contributed by atoms with Gasteiger partial charge < -0.3 is 80.0 Å². The highest BCUT2D eigenvalue weighted by molar-refractivity contribution is 5.98. The maximum Gasteiger partial charge on any atom is 0.325 e. The number of aromatic amines is 1. The molecule has 0 saturated heterocycles. The number of amides is 8. The first-order valence-electron chi connectivity index (χ1n) is 27.5. The summed E-state index contributed by atoms with van der Waals surface area (Å²) in [5.41, 5.74) is 19.3. The molecule has 0 aliphatic rings. The minimum atomic E-state index is -1.47. The van der Waals surface area contributed by atoms with Crippen molar-refractivity contribution in [3.05, 3.63) is 132 Å². The number of aromatic nitrogens is 1. The van der Waals surface area contributed by atoms with Gasteiger partial charge in [0, 0.05) is 42.8 Å². The lowest BCUT2D eigenvalue weighted by Gasteiger charge is -2.28. The Morgan fingerprint density at radius 1 is 0.506 bits per heavy atom. The number of aromatic hydroxyl groups is 2. The van der Waals surface area contributed by atoms with Gasteiger partial charge in [0.1, 0.15) is 53.8 Å². The van der Waals surface area contributed by atoms with E-state index in [0.29, 0.717) is 54.5 Å². The second-order valence-electron chi connectivity index (χ2n) is 21.0. The minimum Gasteiger partial charge on any atom is -0.508 e. The van der Waals surface area contributed by atoms with Gasteiger partial charge >= 0.3 is 5.97 Å². The number of carbonyl (C=O) groups excluding carboxylic acids is 8. The van der Waals surface area contributed by atoms with Gasteiger partial charge in [0.15, 0.2) is 0 Å². The molecule has 0 fully saturated rings. The Bertz CT molecular complexity index is 2990. The average Bonchev–Trinajstić information content (AvgIpc) is 4.09. The number of rotatable bonds is 33. The fourth-order valence-corrected chi connectivity index (χ4v) is 8.81. The van der Waals surface area contributed by atoms with E-state index in [0.717, 1.165) is 10.9 Å².